The minimum atomic E-state index is -1.60. The van der Waals surface area contributed by atoms with Gasteiger partial charge in [-0.1, -0.05) is 162 Å². The highest BCUT2D eigenvalue weighted by Crippen LogP contribution is 2.23. The Kier molecular flexibility index (Phi) is 29.0. The normalized spacial score (nSPS) is 23.0. The molecule has 0 aliphatic carbocycles. The largest absolute Gasteiger partial charge is 0.394 e. The lowest BCUT2D eigenvalue weighted by Crippen LogP contribution is -2.60. The molecule has 1 rings (SSSR count). The molecule has 1 aliphatic heterocycles. The van der Waals surface area contributed by atoms with Gasteiger partial charge in [-0.2, -0.15) is 0 Å². The van der Waals surface area contributed by atoms with Crippen LogP contribution in [0.4, 0.5) is 0 Å². The fourth-order valence-electron chi connectivity index (χ4n) is 6.67. The maximum atomic E-state index is 12.9. The number of carbonyl (C=O) groups is 1. The van der Waals surface area contributed by atoms with Crippen LogP contribution in [0.2, 0.25) is 0 Å². The number of ether oxygens (including phenoxy) is 2. The Morgan fingerprint density at radius 3 is 1.51 bits per heavy atom. The second-order valence-corrected chi connectivity index (χ2v) is 14.6. The molecule has 1 amide bonds. The molecule has 0 spiro atoms. The van der Waals surface area contributed by atoms with Gasteiger partial charge in [0.25, 0.3) is 0 Å². The Labute approximate surface area is 298 Å². The summed E-state index contributed by atoms with van der Waals surface area (Å²) in [4.78, 5) is 12.9. The van der Waals surface area contributed by atoms with E-state index in [0.29, 0.717) is 6.42 Å². The summed E-state index contributed by atoms with van der Waals surface area (Å²) in [5, 5.41) is 64.8. The zero-order valence-corrected chi connectivity index (χ0v) is 31.3. The number of rotatable bonds is 33. The molecule has 49 heavy (non-hydrogen) atoms. The summed E-state index contributed by atoms with van der Waals surface area (Å²) in [5.74, 6) is -0.259. The number of hydrogen-bond donors (Lipinski definition) is 7. The van der Waals surface area contributed by atoms with E-state index in [1.807, 2.05) is 0 Å². The highest BCUT2D eigenvalue weighted by atomic mass is 16.7. The molecular weight excluding hydrogens is 626 g/mol. The van der Waals surface area contributed by atoms with Crippen molar-refractivity contribution in [3.8, 4) is 0 Å². The summed E-state index contributed by atoms with van der Waals surface area (Å²) >= 11 is 0. The van der Waals surface area contributed by atoms with E-state index < -0.39 is 55.6 Å². The third kappa shape index (κ3) is 22.0. The van der Waals surface area contributed by atoms with Gasteiger partial charge >= 0.3 is 0 Å². The SMILES string of the molecule is CCCCCCCCCCCCCCC[C@@H](O)[C@@H](O)[C@H](CO[C@@H]1O[C@H](CO)[C@H](O)C(O)C1O)NC(=O)CCCCCCCCCCCCC. The molecule has 0 aromatic rings. The molecule has 1 saturated heterocycles. The first-order valence-corrected chi connectivity index (χ1v) is 20.3. The molecule has 7 N–H and O–H groups in total. The minimum Gasteiger partial charge on any atom is -0.394 e. The van der Waals surface area contributed by atoms with Crippen molar-refractivity contribution in [3.63, 3.8) is 0 Å². The second-order valence-electron chi connectivity index (χ2n) is 14.6. The van der Waals surface area contributed by atoms with Gasteiger partial charge in [0, 0.05) is 6.42 Å². The average molecular weight is 704 g/mol. The highest BCUT2D eigenvalue weighted by Gasteiger charge is 2.44. The number of nitrogens with one attached hydrogen (secondary N) is 1. The van der Waals surface area contributed by atoms with Crippen molar-refractivity contribution in [2.24, 2.45) is 0 Å². The number of amides is 1. The van der Waals surface area contributed by atoms with Crippen molar-refractivity contribution < 1.29 is 44.9 Å². The molecule has 1 fully saturated rings. The van der Waals surface area contributed by atoms with E-state index in [1.165, 1.54) is 109 Å². The summed E-state index contributed by atoms with van der Waals surface area (Å²) < 4.78 is 11.1. The highest BCUT2D eigenvalue weighted by molar-refractivity contribution is 5.76. The second kappa shape index (κ2) is 30.7. The zero-order chi connectivity index (χ0) is 36.1. The van der Waals surface area contributed by atoms with Gasteiger partial charge < -0.3 is 45.4 Å². The first-order valence-electron chi connectivity index (χ1n) is 20.3. The quantitative estimate of drug-likeness (QED) is 0.0394. The Balaban J connectivity index is 2.47. The van der Waals surface area contributed by atoms with E-state index in [4.69, 9.17) is 9.47 Å². The van der Waals surface area contributed by atoms with Gasteiger partial charge in [0.05, 0.1) is 25.4 Å². The monoisotopic (exact) mass is 704 g/mol. The molecular formula is C39H77NO9. The van der Waals surface area contributed by atoms with Gasteiger partial charge in [-0.05, 0) is 12.8 Å². The van der Waals surface area contributed by atoms with E-state index in [2.05, 4.69) is 19.2 Å². The number of hydrogen-bond acceptors (Lipinski definition) is 9. The van der Waals surface area contributed by atoms with Crippen molar-refractivity contribution in [1.82, 2.24) is 5.32 Å². The molecule has 10 heteroatoms. The number of carbonyl (C=O) groups excluding carboxylic acids is 1. The van der Waals surface area contributed by atoms with Crippen molar-refractivity contribution >= 4 is 5.91 Å². The van der Waals surface area contributed by atoms with Crippen LogP contribution in [0.15, 0.2) is 0 Å². The molecule has 2 unspecified atom stereocenters. The van der Waals surface area contributed by atoms with Gasteiger partial charge in [-0.3, -0.25) is 4.79 Å². The summed E-state index contributed by atoms with van der Waals surface area (Å²) in [6.45, 7) is 3.58. The summed E-state index contributed by atoms with van der Waals surface area (Å²) in [6, 6.07) is -0.982. The van der Waals surface area contributed by atoms with E-state index >= 15 is 0 Å². The van der Waals surface area contributed by atoms with E-state index in [-0.39, 0.29) is 18.9 Å². The maximum absolute atomic E-state index is 12.9. The molecule has 0 aromatic carbocycles. The molecule has 1 heterocycles. The van der Waals surface area contributed by atoms with E-state index in [0.717, 1.165) is 44.9 Å². The zero-order valence-electron chi connectivity index (χ0n) is 31.3. The molecule has 292 valence electrons. The van der Waals surface area contributed by atoms with Crippen molar-refractivity contribution in [2.45, 2.75) is 230 Å². The third-order valence-electron chi connectivity index (χ3n) is 10.1. The molecule has 0 radical (unpaired) electrons. The van der Waals surface area contributed by atoms with Crippen LogP contribution in [-0.4, -0.2) is 98.7 Å². The fraction of sp³-hybridized carbons (Fsp3) is 0.974. The smallest absolute Gasteiger partial charge is 0.220 e. The Bertz CT molecular complexity index is 758. The number of aliphatic hydroxyl groups excluding tert-OH is 6. The Morgan fingerprint density at radius 1 is 0.633 bits per heavy atom. The van der Waals surface area contributed by atoms with Crippen molar-refractivity contribution in [2.75, 3.05) is 13.2 Å². The van der Waals surface area contributed by atoms with Crippen LogP contribution in [0.3, 0.4) is 0 Å². The first-order chi connectivity index (χ1) is 23.8. The van der Waals surface area contributed by atoms with Gasteiger partial charge in [-0.15, -0.1) is 0 Å². The van der Waals surface area contributed by atoms with Crippen LogP contribution in [0.5, 0.6) is 0 Å². The number of aliphatic hydroxyl groups is 6. The Hall–Kier alpha value is -0.850. The average Bonchev–Trinajstić information content (AvgIpc) is 3.10. The van der Waals surface area contributed by atoms with Crippen LogP contribution < -0.4 is 5.32 Å². The Morgan fingerprint density at radius 2 is 1.06 bits per heavy atom. The maximum Gasteiger partial charge on any atom is 0.220 e. The van der Waals surface area contributed by atoms with Gasteiger partial charge in [0.1, 0.15) is 30.5 Å². The van der Waals surface area contributed by atoms with Crippen molar-refractivity contribution in [1.29, 1.82) is 0 Å². The molecule has 1 aliphatic rings. The van der Waals surface area contributed by atoms with Gasteiger partial charge in [0.2, 0.25) is 5.91 Å². The fourth-order valence-corrected chi connectivity index (χ4v) is 6.67. The molecule has 10 nitrogen and oxygen atoms in total. The molecule has 0 aromatic heterocycles. The topological polar surface area (TPSA) is 169 Å². The molecule has 0 bridgehead atoms. The molecule has 0 saturated carbocycles. The lowest BCUT2D eigenvalue weighted by Gasteiger charge is -2.40. The first kappa shape index (κ1) is 46.2. The van der Waals surface area contributed by atoms with Crippen LogP contribution in [0.25, 0.3) is 0 Å². The molecule has 8 atom stereocenters. The number of unbranched alkanes of at least 4 members (excludes halogenated alkanes) is 22. The predicted molar refractivity (Wildman–Crippen MR) is 195 cm³/mol. The van der Waals surface area contributed by atoms with Gasteiger partial charge in [0.15, 0.2) is 6.29 Å². The predicted octanol–water partition coefficient (Wildman–Crippen LogP) is 6.19. The summed E-state index contributed by atoms with van der Waals surface area (Å²) in [6.07, 6.45) is 19.7. The standard InChI is InChI=1S/C39H77NO9/c1-3-5-7-9-11-13-15-16-18-19-21-23-25-27-32(42)35(44)31(30-48-39-38(47)37(46)36(45)33(29-41)49-39)40-34(43)28-26-24-22-20-17-14-12-10-8-6-4-2/h31-33,35-39,41-42,44-47H,3-30H2,1-2H3,(H,40,43)/t31-,32+,33+,35-,36-,37?,38?,39+/m0/s1. The van der Waals surface area contributed by atoms with Crippen LogP contribution in [-0.2, 0) is 14.3 Å². The van der Waals surface area contributed by atoms with E-state index in [1.54, 1.807) is 0 Å². The van der Waals surface area contributed by atoms with Crippen LogP contribution in [0.1, 0.15) is 181 Å². The summed E-state index contributed by atoms with van der Waals surface area (Å²) in [7, 11) is 0. The van der Waals surface area contributed by atoms with Crippen LogP contribution >= 0.6 is 0 Å². The lowest BCUT2D eigenvalue weighted by molar-refractivity contribution is -0.303. The van der Waals surface area contributed by atoms with Crippen LogP contribution in [0, 0.1) is 0 Å². The van der Waals surface area contributed by atoms with Gasteiger partial charge in [-0.25, -0.2) is 0 Å². The third-order valence-corrected chi connectivity index (χ3v) is 10.1. The van der Waals surface area contributed by atoms with E-state index in [9.17, 15) is 35.4 Å². The minimum absolute atomic E-state index is 0.259. The van der Waals surface area contributed by atoms with Crippen molar-refractivity contribution in [3.05, 3.63) is 0 Å². The summed E-state index contributed by atoms with van der Waals surface area (Å²) in [5.41, 5.74) is 0. The lowest BCUT2D eigenvalue weighted by atomic mass is 9.98.